The lowest BCUT2D eigenvalue weighted by molar-refractivity contribution is 0.102. The van der Waals surface area contributed by atoms with E-state index in [1.807, 2.05) is 22.8 Å². The summed E-state index contributed by atoms with van der Waals surface area (Å²) in [5.41, 5.74) is 2.20. The third kappa shape index (κ3) is 4.41. The third-order valence-electron chi connectivity index (χ3n) is 6.01. The van der Waals surface area contributed by atoms with Crippen LogP contribution in [0.5, 0.6) is 0 Å². The molecule has 0 unspecified atom stereocenters. The summed E-state index contributed by atoms with van der Waals surface area (Å²) in [6, 6.07) is 13.9. The van der Waals surface area contributed by atoms with E-state index in [0.717, 1.165) is 23.9 Å². The zero-order valence-electron chi connectivity index (χ0n) is 18.9. The Bertz CT molecular complexity index is 1290. The number of rotatable bonds is 5. The highest BCUT2D eigenvalue weighted by molar-refractivity contribution is 6.04. The molecule has 1 amide bonds. The molecule has 0 aliphatic carbocycles. The topological polar surface area (TPSA) is 88.8 Å². The van der Waals surface area contributed by atoms with Gasteiger partial charge in [-0.2, -0.15) is 0 Å². The predicted molar refractivity (Wildman–Crippen MR) is 129 cm³/mol. The number of carbonyl (C=O) groups is 1. The van der Waals surface area contributed by atoms with Crippen LogP contribution in [-0.4, -0.2) is 43.7 Å². The summed E-state index contributed by atoms with van der Waals surface area (Å²) in [4.78, 5) is 24.3. The molecule has 4 aromatic rings. The quantitative estimate of drug-likeness (QED) is 0.482. The molecule has 0 spiro atoms. The summed E-state index contributed by atoms with van der Waals surface area (Å²) >= 11 is 0. The van der Waals surface area contributed by atoms with E-state index in [-0.39, 0.29) is 11.9 Å². The first-order chi connectivity index (χ1) is 16.1. The summed E-state index contributed by atoms with van der Waals surface area (Å²) in [5.74, 6) is 0.810. The number of benzene rings is 1. The molecule has 1 N–H and O–H groups in total. The lowest BCUT2D eigenvalue weighted by atomic mass is 10.1. The maximum absolute atomic E-state index is 13.0. The number of nitrogens with zero attached hydrogens (tertiary/aromatic N) is 6. The molecular formula is C25H27N7O. The Kier molecular flexibility index (Phi) is 5.73. The molecule has 1 aliphatic heterocycles. The second kappa shape index (κ2) is 8.97. The molecule has 0 radical (unpaired) electrons. The average Bonchev–Trinajstić information content (AvgIpc) is 3.35. The van der Waals surface area contributed by atoms with Crippen LogP contribution < -0.4 is 10.2 Å². The van der Waals surface area contributed by atoms with Crippen molar-refractivity contribution in [3.8, 4) is 11.5 Å². The average molecular weight is 442 g/mol. The van der Waals surface area contributed by atoms with Crippen LogP contribution in [0.2, 0.25) is 0 Å². The number of pyridine rings is 2. The zero-order chi connectivity index (χ0) is 22.8. The molecule has 3 aromatic heterocycles. The van der Waals surface area contributed by atoms with Crippen molar-refractivity contribution < 1.29 is 4.79 Å². The summed E-state index contributed by atoms with van der Waals surface area (Å²) in [7, 11) is 0. The molecule has 1 fully saturated rings. The van der Waals surface area contributed by atoms with Gasteiger partial charge in [-0.3, -0.25) is 9.78 Å². The van der Waals surface area contributed by atoms with Crippen molar-refractivity contribution >= 4 is 28.2 Å². The minimum atomic E-state index is -0.296. The lowest BCUT2D eigenvalue weighted by Crippen LogP contribution is -2.29. The van der Waals surface area contributed by atoms with Gasteiger partial charge in [-0.25, -0.2) is 4.98 Å². The fraction of sp³-hybridized carbons (Fsp3) is 0.320. The fourth-order valence-corrected chi connectivity index (χ4v) is 4.21. The standard InChI is InChI=1S/C25H27N7O/c1-17(2)32-16-27-30-24(32)21-7-6-8-23(28-21)29-25(33)22-14-19-13-20(10-9-18(19)15-26-22)31-11-4-3-5-12-31/h6-10,13-17H,3-5,11-12H2,1-2H3,(H,28,29,33). The van der Waals surface area contributed by atoms with Crippen molar-refractivity contribution in [2.45, 2.75) is 39.2 Å². The SMILES string of the molecule is CC(C)n1cnnc1-c1cccc(NC(=O)c2cc3cc(N4CCCCC4)ccc3cn2)n1. The molecule has 33 heavy (non-hydrogen) atoms. The number of fused-ring (bicyclic) bond motifs is 1. The molecule has 4 heterocycles. The molecule has 1 aliphatic rings. The predicted octanol–water partition coefficient (Wildman–Crippen LogP) is 4.71. The number of aromatic nitrogens is 5. The minimum Gasteiger partial charge on any atom is -0.372 e. The Morgan fingerprint density at radius 3 is 2.70 bits per heavy atom. The smallest absolute Gasteiger partial charge is 0.275 e. The molecule has 0 saturated carbocycles. The van der Waals surface area contributed by atoms with Crippen LogP contribution in [0.25, 0.3) is 22.3 Å². The van der Waals surface area contributed by atoms with E-state index >= 15 is 0 Å². The second-order valence-electron chi connectivity index (χ2n) is 8.67. The van der Waals surface area contributed by atoms with E-state index in [9.17, 15) is 4.79 Å². The third-order valence-corrected chi connectivity index (χ3v) is 6.01. The van der Waals surface area contributed by atoms with Crippen molar-refractivity contribution in [1.29, 1.82) is 0 Å². The molecule has 0 bridgehead atoms. The molecule has 8 heteroatoms. The number of hydrogen-bond acceptors (Lipinski definition) is 6. The van der Waals surface area contributed by atoms with Crippen LogP contribution in [-0.2, 0) is 0 Å². The van der Waals surface area contributed by atoms with Gasteiger partial charge in [0, 0.05) is 36.4 Å². The van der Waals surface area contributed by atoms with Crippen LogP contribution in [0.4, 0.5) is 11.5 Å². The Labute approximate surface area is 192 Å². The first-order valence-corrected chi connectivity index (χ1v) is 11.4. The van der Waals surface area contributed by atoms with Gasteiger partial charge in [-0.05, 0) is 68.8 Å². The van der Waals surface area contributed by atoms with E-state index in [1.54, 1.807) is 18.6 Å². The van der Waals surface area contributed by atoms with Gasteiger partial charge in [0.1, 0.15) is 23.5 Å². The second-order valence-corrected chi connectivity index (χ2v) is 8.67. The van der Waals surface area contributed by atoms with Gasteiger partial charge in [0.05, 0.1) is 0 Å². The molecule has 1 aromatic carbocycles. The molecular weight excluding hydrogens is 414 g/mol. The highest BCUT2D eigenvalue weighted by Gasteiger charge is 2.15. The minimum absolute atomic E-state index is 0.201. The molecule has 168 valence electrons. The number of carbonyl (C=O) groups excluding carboxylic acids is 1. The van der Waals surface area contributed by atoms with E-state index in [2.05, 4.69) is 62.4 Å². The Morgan fingerprint density at radius 1 is 1.03 bits per heavy atom. The maximum Gasteiger partial charge on any atom is 0.275 e. The van der Waals surface area contributed by atoms with Gasteiger partial charge in [0.15, 0.2) is 5.82 Å². The van der Waals surface area contributed by atoms with Gasteiger partial charge >= 0.3 is 0 Å². The van der Waals surface area contributed by atoms with Crippen LogP contribution in [0, 0.1) is 0 Å². The van der Waals surface area contributed by atoms with Crippen molar-refractivity contribution in [2.75, 3.05) is 23.3 Å². The van der Waals surface area contributed by atoms with Crippen molar-refractivity contribution in [3.63, 3.8) is 0 Å². The highest BCUT2D eigenvalue weighted by Crippen LogP contribution is 2.25. The van der Waals surface area contributed by atoms with Gasteiger partial charge in [-0.15, -0.1) is 10.2 Å². The van der Waals surface area contributed by atoms with Gasteiger partial charge in [0.2, 0.25) is 0 Å². The first kappa shape index (κ1) is 21.1. The van der Waals surface area contributed by atoms with E-state index in [1.165, 1.54) is 24.9 Å². The van der Waals surface area contributed by atoms with Crippen LogP contribution in [0.1, 0.15) is 49.6 Å². The zero-order valence-corrected chi connectivity index (χ0v) is 18.9. The highest BCUT2D eigenvalue weighted by atomic mass is 16.1. The van der Waals surface area contributed by atoms with E-state index in [4.69, 9.17) is 0 Å². The van der Waals surface area contributed by atoms with Crippen molar-refractivity contribution in [1.82, 2.24) is 24.7 Å². The first-order valence-electron chi connectivity index (χ1n) is 11.4. The van der Waals surface area contributed by atoms with Crippen LogP contribution in [0.15, 0.2) is 55.0 Å². The summed E-state index contributed by atoms with van der Waals surface area (Å²) in [5, 5.41) is 13.1. The number of hydrogen-bond donors (Lipinski definition) is 1. The normalized spacial score (nSPS) is 14.1. The molecule has 8 nitrogen and oxygen atoms in total. The summed E-state index contributed by atoms with van der Waals surface area (Å²) < 4.78 is 1.94. The van der Waals surface area contributed by atoms with Gasteiger partial charge < -0.3 is 14.8 Å². The summed E-state index contributed by atoms with van der Waals surface area (Å²) in [6.07, 6.45) is 7.18. The molecule has 1 saturated heterocycles. The largest absolute Gasteiger partial charge is 0.372 e. The fourth-order valence-electron chi connectivity index (χ4n) is 4.21. The monoisotopic (exact) mass is 441 g/mol. The molecule has 5 rings (SSSR count). The lowest BCUT2D eigenvalue weighted by Gasteiger charge is -2.29. The van der Waals surface area contributed by atoms with Gasteiger partial charge in [-0.1, -0.05) is 12.1 Å². The number of piperidine rings is 1. The Hall–Kier alpha value is -3.81. The van der Waals surface area contributed by atoms with Crippen molar-refractivity contribution in [2.24, 2.45) is 0 Å². The van der Waals surface area contributed by atoms with E-state index < -0.39 is 0 Å². The Balaban J connectivity index is 1.38. The van der Waals surface area contributed by atoms with Crippen LogP contribution in [0.3, 0.4) is 0 Å². The van der Waals surface area contributed by atoms with Gasteiger partial charge in [0.25, 0.3) is 5.91 Å². The maximum atomic E-state index is 13.0. The Morgan fingerprint density at radius 2 is 1.88 bits per heavy atom. The van der Waals surface area contributed by atoms with Crippen molar-refractivity contribution in [3.05, 3.63) is 60.7 Å². The van der Waals surface area contributed by atoms with Crippen LogP contribution >= 0.6 is 0 Å². The summed E-state index contributed by atoms with van der Waals surface area (Å²) in [6.45, 7) is 6.27. The number of amides is 1. The molecule has 0 atom stereocenters. The van der Waals surface area contributed by atoms with E-state index in [0.29, 0.717) is 23.0 Å². The number of nitrogens with one attached hydrogen (secondary N) is 1. The number of anilines is 2.